The predicted molar refractivity (Wildman–Crippen MR) is 77.4 cm³/mol. The Balaban J connectivity index is 2.62. The van der Waals surface area contributed by atoms with Crippen LogP contribution in [0.15, 0.2) is 12.2 Å². The smallest absolute Gasteiger partial charge is 0.303 e. The van der Waals surface area contributed by atoms with E-state index in [-0.39, 0.29) is 19.8 Å². The van der Waals surface area contributed by atoms with Crippen molar-refractivity contribution in [1.29, 1.82) is 0 Å². The second-order valence-electron chi connectivity index (χ2n) is 4.37. The summed E-state index contributed by atoms with van der Waals surface area (Å²) in [5, 5.41) is 0. The number of hydrogen-bond donors (Lipinski definition) is 0. The first-order chi connectivity index (χ1) is 10.5. The molecule has 0 saturated carbocycles. The Morgan fingerprint density at radius 1 is 1.23 bits per heavy atom. The molecule has 0 aromatic heterocycles. The second-order valence-corrected chi connectivity index (χ2v) is 4.37. The molecular formula is C16H18O6. The van der Waals surface area contributed by atoms with Crippen LogP contribution in [0.5, 0.6) is 0 Å². The fourth-order valence-corrected chi connectivity index (χ4v) is 1.67. The average molecular weight is 306 g/mol. The number of hydrogen-bond acceptors (Lipinski definition) is 6. The highest BCUT2D eigenvalue weighted by atomic mass is 16.6. The van der Waals surface area contributed by atoms with Crippen molar-refractivity contribution in [1.82, 2.24) is 0 Å². The van der Waals surface area contributed by atoms with Crippen LogP contribution in [0.3, 0.4) is 0 Å². The van der Waals surface area contributed by atoms with Crippen molar-refractivity contribution in [3.8, 4) is 24.2 Å². The van der Waals surface area contributed by atoms with E-state index in [1.54, 1.807) is 12.2 Å². The van der Waals surface area contributed by atoms with Crippen LogP contribution in [0.1, 0.15) is 13.8 Å². The first kappa shape index (κ1) is 17.8. The fraction of sp³-hybridized carbons (Fsp3) is 0.500. The number of esters is 2. The number of carbonyl (C=O) groups excluding carboxylic acids is 2. The molecule has 0 bridgehead atoms. The van der Waals surface area contributed by atoms with Crippen LogP contribution in [-0.2, 0) is 28.5 Å². The summed E-state index contributed by atoms with van der Waals surface area (Å²) in [6.45, 7) is 2.95. The Morgan fingerprint density at radius 3 is 2.64 bits per heavy atom. The van der Waals surface area contributed by atoms with Crippen LogP contribution in [0, 0.1) is 24.2 Å². The molecule has 0 aromatic rings. The average Bonchev–Trinajstić information content (AvgIpc) is 2.46. The Morgan fingerprint density at radius 2 is 2.00 bits per heavy atom. The SMILES string of the molecule is C#CCOCC#C[C@@H]1C=C[C@H](OC(C)=O)[C@@H](COC(C)=O)O1. The van der Waals surface area contributed by atoms with E-state index in [1.807, 2.05) is 0 Å². The summed E-state index contributed by atoms with van der Waals surface area (Å²) in [6.07, 6.45) is 6.66. The van der Waals surface area contributed by atoms with Crippen LogP contribution in [0.2, 0.25) is 0 Å². The van der Waals surface area contributed by atoms with Gasteiger partial charge in [0.2, 0.25) is 0 Å². The predicted octanol–water partition coefficient (Wildman–Crippen LogP) is 0.458. The lowest BCUT2D eigenvalue weighted by atomic mass is 10.1. The molecule has 118 valence electrons. The number of ether oxygens (including phenoxy) is 4. The molecule has 1 rings (SSSR count). The van der Waals surface area contributed by atoms with Gasteiger partial charge in [-0.2, -0.15) is 0 Å². The molecular weight excluding hydrogens is 288 g/mol. The summed E-state index contributed by atoms with van der Waals surface area (Å²) in [6, 6.07) is 0. The molecule has 0 aliphatic carbocycles. The second kappa shape index (κ2) is 9.62. The maximum atomic E-state index is 11.1. The third-order valence-corrected chi connectivity index (χ3v) is 2.52. The third kappa shape index (κ3) is 6.94. The van der Waals surface area contributed by atoms with Crippen LogP contribution >= 0.6 is 0 Å². The number of terminal acetylenes is 1. The van der Waals surface area contributed by atoms with Gasteiger partial charge in [-0.15, -0.1) is 6.42 Å². The molecule has 1 aliphatic rings. The maximum absolute atomic E-state index is 11.1. The van der Waals surface area contributed by atoms with Gasteiger partial charge >= 0.3 is 11.9 Å². The van der Waals surface area contributed by atoms with Gasteiger partial charge in [-0.05, 0) is 12.2 Å². The van der Waals surface area contributed by atoms with Crippen molar-refractivity contribution in [3.63, 3.8) is 0 Å². The van der Waals surface area contributed by atoms with Crippen LogP contribution < -0.4 is 0 Å². The van der Waals surface area contributed by atoms with Crippen LogP contribution in [0.25, 0.3) is 0 Å². The van der Waals surface area contributed by atoms with Crippen molar-refractivity contribution in [2.75, 3.05) is 19.8 Å². The lowest BCUT2D eigenvalue weighted by Crippen LogP contribution is -2.41. The van der Waals surface area contributed by atoms with Gasteiger partial charge in [0.15, 0.2) is 0 Å². The van der Waals surface area contributed by atoms with Gasteiger partial charge in [0.25, 0.3) is 0 Å². The molecule has 6 nitrogen and oxygen atoms in total. The molecule has 0 aromatic carbocycles. The fourth-order valence-electron chi connectivity index (χ4n) is 1.67. The molecule has 0 N–H and O–H groups in total. The first-order valence-electron chi connectivity index (χ1n) is 6.67. The van der Waals surface area contributed by atoms with Gasteiger partial charge in [-0.3, -0.25) is 9.59 Å². The molecule has 0 spiro atoms. The Hall–Kier alpha value is -2.28. The molecule has 1 aliphatic heterocycles. The van der Waals surface area contributed by atoms with E-state index in [4.69, 9.17) is 25.4 Å². The number of carbonyl (C=O) groups is 2. The van der Waals surface area contributed by atoms with E-state index in [2.05, 4.69) is 17.8 Å². The summed E-state index contributed by atoms with van der Waals surface area (Å²) < 4.78 is 20.7. The molecule has 22 heavy (non-hydrogen) atoms. The molecule has 0 fully saturated rings. The zero-order valence-corrected chi connectivity index (χ0v) is 12.5. The quantitative estimate of drug-likeness (QED) is 0.318. The monoisotopic (exact) mass is 306 g/mol. The molecule has 3 atom stereocenters. The largest absolute Gasteiger partial charge is 0.463 e. The van der Waals surface area contributed by atoms with Crippen molar-refractivity contribution in [2.24, 2.45) is 0 Å². The lowest BCUT2D eigenvalue weighted by molar-refractivity contribution is -0.161. The molecule has 0 amide bonds. The Labute approximate surface area is 129 Å². The van der Waals surface area contributed by atoms with Gasteiger partial charge in [-0.1, -0.05) is 17.8 Å². The van der Waals surface area contributed by atoms with E-state index in [9.17, 15) is 9.59 Å². The summed E-state index contributed by atoms with van der Waals surface area (Å²) >= 11 is 0. The van der Waals surface area contributed by atoms with E-state index in [1.165, 1.54) is 13.8 Å². The zero-order chi connectivity index (χ0) is 16.4. The van der Waals surface area contributed by atoms with Gasteiger partial charge in [0.1, 0.15) is 38.1 Å². The van der Waals surface area contributed by atoms with E-state index in [0.29, 0.717) is 0 Å². The Kier molecular flexibility index (Phi) is 7.77. The Bertz CT molecular complexity index is 519. The highest BCUT2D eigenvalue weighted by Gasteiger charge is 2.29. The normalized spacial score (nSPS) is 22.9. The van der Waals surface area contributed by atoms with Gasteiger partial charge in [0, 0.05) is 13.8 Å². The van der Waals surface area contributed by atoms with Crippen molar-refractivity contribution in [2.45, 2.75) is 32.2 Å². The zero-order valence-electron chi connectivity index (χ0n) is 12.5. The van der Waals surface area contributed by atoms with E-state index < -0.39 is 30.3 Å². The molecule has 6 heteroatoms. The highest BCUT2D eigenvalue weighted by molar-refractivity contribution is 5.66. The van der Waals surface area contributed by atoms with Crippen molar-refractivity contribution >= 4 is 11.9 Å². The van der Waals surface area contributed by atoms with Crippen LogP contribution in [-0.4, -0.2) is 50.1 Å². The third-order valence-electron chi connectivity index (χ3n) is 2.52. The molecule has 0 saturated heterocycles. The molecule has 1 heterocycles. The maximum Gasteiger partial charge on any atom is 0.303 e. The minimum Gasteiger partial charge on any atom is -0.463 e. The molecule has 0 radical (unpaired) electrons. The number of rotatable bonds is 5. The summed E-state index contributed by atoms with van der Waals surface area (Å²) in [5.41, 5.74) is 0. The molecule has 0 unspecified atom stereocenters. The first-order valence-corrected chi connectivity index (χ1v) is 6.67. The summed E-state index contributed by atoms with van der Waals surface area (Å²) in [7, 11) is 0. The lowest BCUT2D eigenvalue weighted by Gasteiger charge is -2.29. The van der Waals surface area contributed by atoms with Crippen molar-refractivity contribution < 1.29 is 28.5 Å². The topological polar surface area (TPSA) is 71.1 Å². The van der Waals surface area contributed by atoms with Gasteiger partial charge in [0.05, 0.1) is 0 Å². The summed E-state index contributed by atoms with van der Waals surface area (Å²) in [4.78, 5) is 22.0. The standard InChI is InChI=1S/C16H18O6/c1-4-9-19-10-5-6-14-7-8-15(21-13(3)18)16(22-14)11-20-12(2)17/h1,7-8,14-16H,9-11H2,2-3H3/t14-,15+,16-/m1/s1. The minimum atomic E-state index is -0.618. The minimum absolute atomic E-state index is 0.0244. The van der Waals surface area contributed by atoms with E-state index >= 15 is 0 Å². The van der Waals surface area contributed by atoms with Gasteiger partial charge in [-0.25, -0.2) is 0 Å². The van der Waals surface area contributed by atoms with Crippen LogP contribution in [0.4, 0.5) is 0 Å². The van der Waals surface area contributed by atoms with E-state index in [0.717, 1.165) is 0 Å². The highest BCUT2D eigenvalue weighted by Crippen LogP contribution is 2.16. The van der Waals surface area contributed by atoms with Gasteiger partial charge < -0.3 is 18.9 Å². The summed E-state index contributed by atoms with van der Waals surface area (Å²) in [5.74, 6) is 7.06. The van der Waals surface area contributed by atoms with Crippen molar-refractivity contribution in [3.05, 3.63) is 12.2 Å².